The summed E-state index contributed by atoms with van der Waals surface area (Å²) < 4.78 is 28.2. The summed E-state index contributed by atoms with van der Waals surface area (Å²) in [7, 11) is 0. The number of rotatable bonds is 0. The maximum atomic E-state index is 6.60. The lowest BCUT2D eigenvalue weighted by Crippen LogP contribution is -2.41. The second-order valence-corrected chi connectivity index (χ2v) is 12.9. The smallest absolute Gasteiger partial charge is 0.245 e. The van der Waals surface area contributed by atoms with Gasteiger partial charge in [-0.1, -0.05) is 42.5 Å². The van der Waals surface area contributed by atoms with Crippen LogP contribution < -0.4 is 23.8 Å². The Morgan fingerprint density at radius 3 is 1.89 bits per heavy atom. The van der Waals surface area contributed by atoms with Crippen molar-refractivity contribution in [2.24, 2.45) is 0 Å². The first-order valence-corrected chi connectivity index (χ1v) is 17.0. The number of ether oxygens (including phenoxy) is 4. The molecule has 45 heavy (non-hydrogen) atoms. The Labute approximate surface area is 268 Å². The molecule has 3 heterocycles. The fraction of sp³-hybridized carbons (Fsp3) is 0.462. The third kappa shape index (κ3) is 7.66. The molecule has 0 spiro atoms. The number of para-hydroxylation sites is 1. The molecule has 238 valence electrons. The minimum atomic E-state index is -0.246. The van der Waals surface area contributed by atoms with Crippen LogP contribution in [0.15, 0.2) is 72.8 Å². The molecule has 3 aliphatic rings. The van der Waals surface area contributed by atoms with Crippen molar-refractivity contribution in [1.29, 1.82) is 0 Å². The minimum absolute atomic E-state index is 0.246. The van der Waals surface area contributed by atoms with Gasteiger partial charge in [0.15, 0.2) is 22.9 Å². The molecule has 0 saturated carbocycles. The Morgan fingerprint density at radius 1 is 0.622 bits per heavy atom. The lowest BCUT2D eigenvalue weighted by molar-refractivity contribution is -0.434. The zero-order valence-electron chi connectivity index (χ0n) is 27.1. The van der Waals surface area contributed by atoms with Crippen LogP contribution >= 0.6 is 0 Å². The van der Waals surface area contributed by atoms with Gasteiger partial charge in [0.25, 0.3) is 0 Å². The summed E-state index contributed by atoms with van der Waals surface area (Å²) >= 11 is 0. The van der Waals surface area contributed by atoms with E-state index in [-0.39, 0.29) is 5.54 Å². The van der Waals surface area contributed by atoms with E-state index in [1.54, 1.807) is 0 Å². The molecule has 3 aromatic carbocycles. The lowest BCUT2D eigenvalue weighted by Gasteiger charge is -2.26. The SMILES string of the molecule is CC1(C)C[N+]2=CN1c1c3ccc4ccc(cc14)OCCCC/C=C/CCCOc1cccc(c12)OCCC/C=C/CCCCO3. The molecule has 0 atom stereocenters. The second kappa shape index (κ2) is 14.9. The first-order valence-electron chi connectivity index (χ1n) is 17.0. The molecule has 0 amide bonds. The van der Waals surface area contributed by atoms with Crippen molar-refractivity contribution in [1.82, 2.24) is 0 Å². The molecule has 6 bridgehead atoms. The van der Waals surface area contributed by atoms with Gasteiger partial charge in [0.2, 0.25) is 12.0 Å². The molecule has 6 heteroatoms. The van der Waals surface area contributed by atoms with Crippen LogP contribution in [0, 0.1) is 0 Å². The summed E-state index contributed by atoms with van der Waals surface area (Å²) in [6, 6.07) is 17.0. The predicted molar refractivity (Wildman–Crippen MR) is 184 cm³/mol. The first kappa shape index (κ1) is 31.1. The molecule has 0 N–H and O–H groups in total. The van der Waals surface area contributed by atoms with E-state index in [1.807, 2.05) is 0 Å². The van der Waals surface area contributed by atoms with Crippen molar-refractivity contribution >= 4 is 28.5 Å². The van der Waals surface area contributed by atoms with E-state index in [0.717, 1.165) is 111 Å². The number of anilines is 1. The van der Waals surface area contributed by atoms with Gasteiger partial charge in [0.05, 0.1) is 26.4 Å². The molecule has 6 rings (SSSR count). The van der Waals surface area contributed by atoms with Crippen LogP contribution in [0.25, 0.3) is 10.8 Å². The van der Waals surface area contributed by atoms with E-state index >= 15 is 0 Å². The minimum Gasteiger partial charge on any atom is -0.494 e. The zero-order chi connectivity index (χ0) is 30.9. The average molecular weight is 610 g/mol. The summed E-state index contributed by atoms with van der Waals surface area (Å²) in [6.07, 6.45) is 21.8. The number of hydrogen-bond acceptors (Lipinski definition) is 5. The molecular weight excluding hydrogens is 560 g/mol. The number of benzene rings is 3. The Bertz CT molecular complexity index is 1530. The summed E-state index contributed by atoms with van der Waals surface area (Å²) in [5.74, 6) is 3.52. The number of nitrogens with zero attached hydrogens (tertiary/aromatic N) is 2. The van der Waals surface area contributed by atoms with Crippen molar-refractivity contribution in [3.05, 3.63) is 72.8 Å². The molecule has 3 aliphatic heterocycles. The van der Waals surface area contributed by atoms with E-state index in [9.17, 15) is 0 Å². The van der Waals surface area contributed by atoms with E-state index < -0.39 is 0 Å². The topological polar surface area (TPSA) is 43.2 Å². The van der Waals surface area contributed by atoms with Gasteiger partial charge in [-0.2, -0.15) is 0 Å². The fourth-order valence-electron chi connectivity index (χ4n) is 6.40. The fourth-order valence-corrected chi connectivity index (χ4v) is 6.40. The van der Waals surface area contributed by atoms with Crippen LogP contribution in [0.5, 0.6) is 23.0 Å². The third-order valence-corrected chi connectivity index (χ3v) is 8.82. The second-order valence-electron chi connectivity index (χ2n) is 12.9. The Kier molecular flexibility index (Phi) is 10.3. The van der Waals surface area contributed by atoms with E-state index in [2.05, 4.69) is 102 Å². The number of allylic oxidation sites excluding steroid dienone is 4. The highest BCUT2D eigenvalue weighted by Crippen LogP contribution is 2.45. The van der Waals surface area contributed by atoms with Crippen LogP contribution in [-0.2, 0) is 0 Å². The monoisotopic (exact) mass is 609 g/mol. The van der Waals surface area contributed by atoms with Crippen molar-refractivity contribution in [3.63, 3.8) is 0 Å². The maximum Gasteiger partial charge on any atom is 0.245 e. The van der Waals surface area contributed by atoms with E-state index in [4.69, 9.17) is 18.9 Å². The normalized spacial score (nSPS) is 21.1. The highest BCUT2D eigenvalue weighted by Gasteiger charge is 2.45. The van der Waals surface area contributed by atoms with Crippen molar-refractivity contribution in [2.75, 3.05) is 37.9 Å². The first-order chi connectivity index (χ1) is 22.1. The zero-order valence-corrected chi connectivity index (χ0v) is 27.1. The molecule has 0 fully saturated rings. The predicted octanol–water partition coefficient (Wildman–Crippen LogP) is 9.37. The van der Waals surface area contributed by atoms with Gasteiger partial charge in [-0.3, -0.25) is 0 Å². The third-order valence-electron chi connectivity index (χ3n) is 8.82. The molecule has 0 unspecified atom stereocenters. The summed E-state index contributed by atoms with van der Waals surface area (Å²) in [4.78, 5) is 2.39. The highest BCUT2D eigenvalue weighted by atomic mass is 16.5. The van der Waals surface area contributed by atoms with E-state index in [0.29, 0.717) is 26.4 Å². The van der Waals surface area contributed by atoms with Gasteiger partial charge < -0.3 is 18.9 Å². The van der Waals surface area contributed by atoms with Crippen molar-refractivity contribution in [3.8, 4) is 23.0 Å². The van der Waals surface area contributed by atoms with Gasteiger partial charge in [-0.15, -0.1) is 0 Å². The molecule has 0 aromatic heterocycles. The van der Waals surface area contributed by atoms with Gasteiger partial charge in [0.1, 0.15) is 17.8 Å². The van der Waals surface area contributed by atoms with Gasteiger partial charge in [-0.05, 0) is 114 Å². The van der Waals surface area contributed by atoms with Crippen LogP contribution in [0.4, 0.5) is 11.4 Å². The molecule has 0 saturated heterocycles. The standard InChI is InChI=1S/C39H49N2O4/c1-39(2)29-40-30-41(39)37-33-28-32-22-20-31(33)21-23-36(37)45-27-16-12-8-4-7-11-15-26-44-35-19-17-18-34(38(35)40)43-25-14-10-6-3-5-9-13-24-42-32/h3-4,6-7,17-23,28,30H,5,8-16,24-27,29H2,1-2H3/q+1/b6-3+,7-4+. The Morgan fingerprint density at radius 2 is 1.20 bits per heavy atom. The van der Waals surface area contributed by atoms with Crippen LogP contribution in [0.1, 0.15) is 78.1 Å². The van der Waals surface area contributed by atoms with Crippen LogP contribution in [0.2, 0.25) is 0 Å². The Balaban J connectivity index is 1.49. The highest BCUT2D eigenvalue weighted by molar-refractivity contribution is 6.03. The van der Waals surface area contributed by atoms with Gasteiger partial charge in [0, 0.05) is 5.39 Å². The Hall–Kier alpha value is -3.93. The van der Waals surface area contributed by atoms with Crippen molar-refractivity contribution in [2.45, 2.75) is 83.6 Å². The molecule has 0 aliphatic carbocycles. The van der Waals surface area contributed by atoms with Gasteiger partial charge >= 0.3 is 0 Å². The quantitative estimate of drug-likeness (QED) is 0.188. The van der Waals surface area contributed by atoms with E-state index in [1.165, 1.54) is 5.39 Å². The van der Waals surface area contributed by atoms with Crippen LogP contribution in [0.3, 0.4) is 0 Å². The summed E-state index contributed by atoms with van der Waals surface area (Å²) in [6.45, 7) is 8.08. The molecule has 0 radical (unpaired) electrons. The molecule has 3 aromatic rings. The molecule has 6 nitrogen and oxygen atoms in total. The largest absolute Gasteiger partial charge is 0.494 e. The van der Waals surface area contributed by atoms with Gasteiger partial charge in [-0.25, -0.2) is 9.48 Å². The number of fused-ring (bicyclic) bond motifs is 1. The van der Waals surface area contributed by atoms with Crippen molar-refractivity contribution < 1.29 is 23.5 Å². The maximum absolute atomic E-state index is 6.60. The van der Waals surface area contributed by atoms with Crippen LogP contribution in [-0.4, -0.2) is 49.4 Å². The average Bonchev–Trinajstić information content (AvgIpc) is 3.35. The number of hydrogen-bond donors (Lipinski definition) is 0. The lowest BCUT2D eigenvalue weighted by atomic mass is 10.00. The summed E-state index contributed by atoms with van der Waals surface area (Å²) in [5, 5.41) is 2.30. The summed E-state index contributed by atoms with van der Waals surface area (Å²) in [5.41, 5.74) is 1.82. The molecular formula is C39H49N2O4+.